The fraction of sp³-hybridized carbons (Fsp3) is 0.231. The quantitative estimate of drug-likeness (QED) is 0.407. The summed E-state index contributed by atoms with van der Waals surface area (Å²) in [6, 6.07) is 3.02. The van der Waals surface area contributed by atoms with Crippen molar-refractivity contribution < 1.29 is 18.3 Å². The maximum Gasteiger partial charge on any atom is 0.336 e. The number of hydrogen-bond donors (Lipinski definition) is 0. The second-order valence-electron chi connectivity index (χ2n) is 4.28. The van der Waals surface area contributed by atoms with E-state index in [1.807, 2.05) is 0 Å². The van der Waals surface area contributed by atoms with E-state index in [9.17, 15) is 14.0 Å². The summed E-state index contributed by atoms with van der Waals surface area (Å²) < 4.78 is 23.9. The van der Waals surface area contributed by atoms with Gasteiger partial charge in [-0.3, -0.25) is 4.79 Å². The van der Waals surface area contributed by atoms with E-state index >= 15 is 0 Å². The van der Waals surface area contributed by atoms with Gasteiger partial charge < -0.3 is 9.15 Å². The highest BCUT2D eigenvalue weighted by atomic mass is 19.1. The monoisotopic (exact) mass is 248 g/mol. The average Bonchev–Trinajstić information content (AvgIpc) is 2.32. The first-order valence-electron chi connectivity index (χ1n) is 5.53. The Morgan fingerprint density at radius 3 is 2.78 bits per heavy atom. The van der Waals surface area contributed by atoms with Crippen LogP contribution in [0.4, 0.5) is 4.39 Å². The van der Waals surface area contributed by atoms with Crippen molar-refractivity contribution in [3.05, 3.63) is 39.5 Å². The van der Waals surface area contributed by atoms with Gasteiger partial charge in [0.05, 0.1) is 6.42 Å². The van der Waals surface area contributed by atoms with Crippen molar-refractivity contribution >= 4 is 16.9 Å². The SMILES string of the molecule is Cc1cc(=O)oc2c(F)c3c(cc12)CCC(=O)O3. The molecule has 0 radical (unpaired) electrons. The normalized spacial score (nSPS) is 14.4. The molecule has 2 aromatic rings. The third-order valence-corrected chi connectivity index (χ3v) is 3.03. The summed E-state index contributed by atoms with van der Waals surface area (Å²) in [7, 11) is 0. The van der Waals surface area contributed by atoms with E-state index < -0.39 is 17.4 Å². The maximum atomic E-state index is 14.2. The van der Waals surface area contributed by atoms with E-state index in [0.29, 0.717) is 22.9 Å². The summed E-state index contributed by atoms with van der Waals surface area (Å²) in [6.45, 7) is 1.71. The van der Waals surface area contributed by atoms with Crippen molar-refractivity contribution in [3.8, 4) is 5.75 Å². The summed E-state index contributed by atoms with van der Waals surface area (Å²) in [5.41, 5.74) is 0.478. The fourth-order valence-corrected chi connectivity index (χ4v) is 2.14. The zero-order valence-corrected chi connectivity index (χ0v) is 9.58. The molecule has 0 bridgehead atoms. The van der Waals surface area contributed by atoms with E-state index in [0.717, 1.165) is 0 Å². The van der Waals surface area contributed by atoms with Crippen LogP contribution in [-0.2, 0) is 11.2 Å². The lowest BCUT2D eigenvalue weighted by atomic mass is 10.0. The Morgan fingerprint density at radius 2 is 2.00 bits per heavy atom. The van der Waals surface area contributed by atoms with Crippen LogP contribution < -0.4 is 10.4 Å². The molecule has 0 unspecified atom stereocenters. The summed E-state index contributed by atoms with van der Waals surface area (Å²) in [5.74, 6) is -1.38. The second-order valence-corrected chi connectivity index (χ2v) is 4.28. The van der Waals surface area contributed by atoms with Gasteiger partial charge in [-0.05, 0) is 30.5 Å². The number of ether oxygens (including phenoxy) is 1. The van der Waals surface area contributed by atoms with Gasteiger partial charge in [0.2, 0.25) is 5.82 Å². The minimum Gasteiger partial charge on any atom is -0.423 e. The lowest BCUT2D eigenvalue weighted by Crippen LogP contribution is -2.17. The average molecular weight is 248 g/mol. The van der Waals surface area contributed by atoms with Crippen LogP contribution in [0.3, 0.4) is 0 Å². The summed E-state index contributed by atoms with van der Waals surface area (Å²) in [4.78, 5) is 22.4. The highest BCUT2D eigenvalue weighted by molar-refractivity contribution is 5.86. The molecular formula is C13H9FO4. The molecule has 0 amide bonds. The van der Waals surface area contributed by atoms with Gasteiger partial charge in [0.25, 0.3) is 0 Å². The molecule has 4 nitrogen and oxygen atoms in total. The van der Waals surface area contributed by atoms with Crippen LogP contribution in [0.2, 0.25) is 0 Å². The van der Waals surface area contributed by atoms with Gasteiger partial charge in [0, 0.05) is 11.5 Å². The molecule has 3 rings (SSSR count). The topological polar surface area (TPSA) is 56.5 Å². The highest BCUT2D eigenvalue weighted by Gasteiger charge is 2.24. The van der Waals surface area contributed by atoms with Crippen LogP contribution in [-0.4, -0.2) is 5.97 Å². The van der Waals surface area contributed by atoms with Crippen LogP contribution >= 0.6 is 0 Å². The molecule has 0 aliphatic carbocycles. The zero-order chi connectivity index (χ0) is 12.9. The molecule has 0 spiro atoms. The molecule has 0 saturated heterocycles. The van der Waals surface area contributed by atoms with E-state index in [1.54, 1.807) is 13.0 Å². The van der Waals surface area contributed by atoms with E-state index in [1.165, 1.54) is 6.07 Å². The van der Waals surface area contributed by atoms with Crippen LogP contribution in [0.1, 0.15) is 17.5 Å². The van der Waals surface area contributed by atoms with Crippen molar-refractivity contribution in [1.82, 2.24) is 0 Å². The number of hydrogen-bond acceptors (Lipinski definition) is 4. The molecule has 0 atom stereocenters. The molecule has 2 heterocycles. The molecule has 5 heteroatoms. The van der Waals surface area contributed by atoms with E-state index in [2.05, 4.69) is 0 Å². The Morgan fingerprint density at radius 1 is 1.22 bits per heavy atom. The van der Waals surface area contributed by atoms with Crippen LogP contribution in [0, 0.1) is 12.7 Å². The molecule has 0 fully saturated rings. The van der Waals surface area contributed by atoms with Crippen LogP contribution in [0.15, 0.2) is 21.3 Å². The highest BCUT2D eigenvalue weighted by Crippen LogP contribution is 2.34. The first-order chi connectivity index (χ1) is 8.56. The Bertz CT molecular complexity index is 730. The molecule has 0 N–H and O–H groups in total. The molecule has 1 aliphatic rings. The molecule has 1 aromatic carbocycles. The first-order valence-corrected chi connectivity index (χ1v) is 5.53. The minimum atomic E-state index is -0.781. The summed E-state index contributed by atoms with van der Waals surface area (Å²) in [6.07, 6.45) is 0.660. The number of carbonyl (C=O) groups excluding carboxylic acids is 1. The lowest BCUT2D eigenvalue weighted by Gasteiger charge is -2.17. The number of fused-ring (bicyclic) bond motifs is 2. The maximum absolute atomic E-state index is 14.2. The molecule has 92 valence electrons. The minimum absolute atomic E-state index is 0.118. The molecule has 1 aliphatic heterocycles. The van der Waals surface area contributed by atoms with E-state index in [-0.39, 0.29) is 17.8 Å². The molecule has 1 aromatic heterocycles. The van der Waals surface area contributed by atoms with Gasteiger partial charge >= 0.3 is 11.6 Å². The van der Waals surface area contributed by atoms with Crippen molar-refractivity contribution in [2.75, 3.05) is 0 Å². The van der Waals surface area contributed by atoms with Crippen LogP contribution in [0.25, 0.3) is 11.0 Å². The number of rotatable bonds is 0. The smallest absolute Gasteiger partial charge is 0.336 e. The van der Waals surface area contributed by atoms with Crippen molar-refractivity contribution in [2.45, 2.75) is 19.8 Å². The standard InChI is InChI=1S/C13H9FO4/c1-6-4-10(16)18-13-8(6)5-7-2-3-9(15)17-12(7)11(13)14/h4-5H,2-3H2,1H3. The number of halogens is 1. The Kier molecular flexibility index (Phi) is 2.23. The Hall–Kier alpha value is -2.17. The largest absolute Gasteiger partial charge is 0.423 e. The Labute approximate surface area is 101 Å². The third-order valence-electron chi connectivity index (χ3n) is 3.03. The number of esters is 1. The van der Waals surface area contributed by atoms with E-state index in [4.69, 9.17) is 9.15 Å². The summed E-state index contributed by atoms with van der Waals surface area (Å²) in [5, 5.41) is 0.531. The van der Waals surface area contributed by atoms with Gasteiger partial charge in [0.1, 0.15) is 0 Å². The number of carbonyl (C=O) groups is 1. The summed E-state index contributed by atoms with van der Waals surface area (Å²) >= 11 is 0. The second kappa shape index (κ2) is 3.66. The first kappa shape index (κ1) is 11.0. The molecule has 0 saturated carbocycles. The van der Waals surface area contributed by atoms with Gasteiger partial charge in [-0.2, -0.15) is 4.39 Å². The predicted molar refractivity (Wildman–Crippen MR) is 61.1 cm³/mol. The van der Waals surface area contributed by atoms with Gasteiger partial charge in [-0.15, -0.1) is 0 Å². The Balaban J connectivity index is 2.41. The van der Waals surface area contributed by atoms with Crippen molar-refractivity contribution in [3.63, 3.8) is 0 Å². The number of aryl methyl sites for hydroxylation is 2. The number of benzene rings is 1. The zero-order valence-electron chi connectivity index (χ0n) is 9.58. The van der Waals surface area contributed by atoms with Crippen LogP contribution in [0.5, 0.6) is 5.75 Å². The van der Waals surface area contributed by atoms with Gasteiger partial charge in [-0.1, -0.05) is 0 Å². The predicted octanol–water partition coefficient (Wildman–Crippen LogP) is 2.09. The fourth-order valence-electron chi connectivity index (χ4n) is 2.14. The van der Waals surface area contributed by atoms with Gasteiger partial charge in [0.15, 0.2) is 11.3 Å². The third kappa shape index (κ3) is 1.51. The molecular weight excluding hydrogens is 239 g/mol. The van der Waals surface area contributed by atoms with Gasteiger partial charge in [-0.25, -0.2) is 4.79 Å². The van der Waals surface area contributed by atoms with Crippen molar-refractivity contribution in [2.24, 2.45) is 0 Å². The molecule has 18 heavy (non-hydrogen) atoms. The van der Waals surface area contributed by atoms with Crippen molar-refractivity contribution in [1.29, 1.82) is 0 Å². The lowest BCUT2D eigenvalue weighted by molar-refractivity contribution is -0.135.